The first kappa shape index (κ1) is 53.2. The van der Waals surface area contributed by atoms with Crippen molar-refractivity contribution in [2.24, 2.45) is 5.92 Å². The van der Waals surface area contributed by atoms with E-state index in [0.29, 0.717) is 103 Å². The summed E-state index contributed by atoms with van der Waals surface area (Å²) in [6, 6.07) is 5.08. The molecule has 0 radical (unpaired) electrons. The molecule has 1 amide bonds. The quantitative estimate of drug-likeness (QED) is 0.0409. The van der Waals surface area contributed by atoms with Crippen molar-refractivity contribution in [1.82, 2.24) is 25.3 Å². The van der Waals surface area contributed by atoms with Crippen molar-refractivity contribution in [3.05, 3.63) is 52.1 Å². The van der Waals surface area contributed by atoms with Gasteiger partial charge in [-0.1, -0.05) is 0 Å². The van der Waals surface area contributed by atoms with Gasteiger partial charge in [0.15, 0.2) is 11.2 Å². The summed E-state index contributed by atoms with van der Waals surface area (Å²) < 4.78 is 37.9. The fraction of sp³-hybridized carbons (Fsp3) is 0.595. The number of Topliss-reactive ketones (excluding diaryl/α,β-unsaturated/α-hetero) is 2. The molecule has 1 aromatic carbocycles. The summed E-state index contributed by atoms with van der Waals surface area (Å²) in [6.07, 6.45) is 4.34. The number of carbonyl (C=O) groups excluding carboxylic acids is 4. The number of nitrogens with two attached hydrogens (primary N) is 1. The average Bonchev–Trinajstić information content (AvgIpc) is 3.27. The van der Waals surface area contributed by atoms with E-state index < -0.39 is 29.4 Å². The highest BCUT2D eigenvalue weighted by molar-refractivity contribution is 7.98. The molecule has 0 bridgehead atoms. The zero-order valence-electron chi connectivity index (χ0n) is 36.5. The normalized spacial score (nSPS) is 12.2. The molecule has 6 N–H and O–H groups in total. The first-order valence-electron chi connectivity index (χ1n) is 21.0. The van der Waals surface area contributed by atoms with Gasteiger partial charge in [0.1, 0.15) is 17.6 Å². The molecule has 3 aromatic rings. The predicted molar refractivity (Wildman–Crippen MR) is 236 cm³/mol. The van der Waals surface area contributed by atoms with E-state index in [2.05, 4.69) is 30.6 Å². The first-order valence-corrected chi connectivity index (χ1v) is 22.4. The SMILES string of the molecule is CCOC(=O)[C@H](CSC)CC(=O)CCOCCOCCOCCOCCOCCOCCCC(=O)CC[C@H](NC(=O)c1ccc(NCc2cnc3nc(N)[nH]c(=O)c3n2)cc1)C(=O)O. The van der Waals surface area contributed by atoms with Crippen LogP contribution in [0.1, 0.15) is 61.5 Å². The molecular formula is C42H61N7O14S. The van der Waals surface area contributed by atoms with Crippen LogP contribution < -0.4 is 21.9 Å². The number of H-pyrrole nitrogens is 1. The summed E-state index contributed by atoms with van der Waals surface area (Å²) in [5.41, 5.74) is 6.55. The Bertz CT molecular complexity index is 1940. The number of thioether (sulfide) groups is 1. The molecule has 354 valence electrons. The lowest BCUT2D eigenvalue weighted by Crippen LogP contribution is -2.41. The van der Waals surface area contributed by atoms with Crippen molar-refractivity contribution < 1.29 is 62.2 Å². The minimum Gasteiger partial charge on any atom is -0.480 e. The molecule has 2 heterocycles. The number of carbonyl (C=O) groups is 5. The maximum atomic E-state index is 12.8. The lowest BCUT2D eigenvalue weighted by Gasteiger charge is -2.14. The van der Waals surface area contributed by atoms with Gasteiger partial charge >= 0.3 is 11.9 Å². The Labute approximate surface area is 375 Å². The highest BCUT2D eigenvalue weighted by atomic mass is 32.2. The molecule has 0 unspecified atom stereocenters. The number of rotatable bonds is 37. The van der Waals surface area contributed by atoms with Crippen LogP contribution in [0.25, 0.3) is 11.2 Å². The number of esters is 1. The fourth-order valence-corrected chi connectivity index (χ4v) is 6.38. The van der Waals surface area contributed by atoms with Crippen LogP contribution in [0.3, 0.4) is 0 Å². The number of hydrogen-bond donors (Lipinski definition) is 5. The Balaban J connectivity index is 1.11. The number of hydrogen-bond acceptors (Lipinski definition) is 19. The molecule has 2 aromatic heterocycles. The maximum absolute atomic E-state index is 12.8. The van der Waals surface area contributed by atoms with Crippen LogP contribution in [0.15, 0.2) is 35.3 Å². The van der Waals surface area contributed by atoms with E-state index >= 15 is 0 Å². The summed E-state index contributed by atoms with van der Waals surface area (Å²) in [5.74, 6) is -2.28. The lowest BCUT2D eigenvalue weighted by molar-refractivity contribution is -0.148. The summed E-state index contributed by atoms with van der Waals surface area (Å²) in [5, 5.41) is 15.3. The number of anilines is 2. The number of aliphatic carboxylic acids is 1. The number of amides is 1. The topological polar surface area (TPSA) is 292 Å². The molecule has 2 atom stereocenters. The van der Waals surface area contributed by atoms with E-state index in [-0.39, 0.29) is 85.5 Å². The number of ketones is 2. The zero-order chi connectivity index (χ0) is 46.4. The summed E-state index contributed by atoms with van der Waals surface area (Å²) in [4.78, 5) is 88.0. The number of ether oxygens (including phenoxy) is 7. The van der Waals surface area contributed by atoms with E-state index in [4.69, 9.17) is 38.9 Å². The Morgan fingerprint density at radius 1 is 0.797 bits per heavy atom. The Morgan fingerprint density at radius 3 is 1.97 bits per heavy atom. The highest BCUT2D eigenvalue weighted by Gasteiger charge is 2.23. The van der Waals surface area contributed by atoms with Crippen molar-refractivity contribution in [2.75, 3.05) is 109 Å². The van der Waals surface area contributed by atoms with Gasteiger partial charge < -0.3 is 54.6 Å². The minimum absolute atomic E-state index is 0.0158. The Hall–Kier alpha value is -5.10. The van der Waals surface area contributed by atoms with Gasteiger partial charge in [-0.05, 0) is 50.3 Å². The smallest absolute Gasteiger partial charge is 0.326 e. The van der Waals surface area contributed by atoms with Crippen LogP contribution in [-0.2, 0) is 58.9 Å². The largest absolute Gasteiger partial charge is 0.480 e. The maximum Gasteiger partial charge on any atom is 0.326 e. The third-order valence-electron chi connectivity index (χ3n) is 9.01. The number of aromatic amines is 1. The van der Waals surface area contributed by atoms with Gasteiger partial charge in [-0.2, -0.15) is 16.7 Å². The molecule has 21 nitrogen and oxygen atoms in total. The molecule has 0 spiro atoms. The van der Waals surface area contributed by atoms with Crippen molar-refractivity contribution >= 4 is 64.0 Å². The van der Waals surface area contributed by atoms with E-state index in [9.17, 15) is 33.9 Å². The summed E-state index contributed by atoms with van der Waals surface area (Å²) in [6.45, 7) is 6.67. The van der Waals surface area contributed by atoms with Gasteiger partial charge in [-0.3, -0.25) is 29.0 Å². The van der Waals surface area contributed by atoms with E-state index in [0.717, 1.165) is 0 Å². The molecular weight excluding hydrogens is 859 g/mol. The number of carboxylic acids is 1. The van der Waals surface area contributed by atoms with Crippen molar-refractivity contribution in [3.63, 3.8) is 0 Å². The number of nitrogens with one attached hydrogen (secondary N) is 3. The lowest BCUT2D eigenvalue weighted by atomic mass is 10.0. The number of benzene rings is 1. The number of aromatic nitrogens is 4. The standard InChI is InChI=1S/C42H61N7O14S/c1-3-63-41(56)30(28-64-2)25-34(51)12-14-58-16-18-60-20-22-62-24-23-61-21-19-59-17-15-57-13-4-5-33(50)10-11-35(40(54)55)47-38(52)29-6-8-31(9-7-29)44-26-32-27-45-37-36(46-32)39(53)49-42(43)48-37/h6-9,27,30,35,44H,3-5,10-26,28H2,1-2H3,(H,47,52)(H,54,55)(H3,43,45,48,49,53)/t30-,35-/m0/s1. The van der Waals surface area contributed by atoms with E-state index in [1.807, 2.05) is 6.26 Å². The number of nitrogens with zero attached hydrogens (tertiary/aromatic N) is 3. The molecule has 0 saturated heterocycles. The molecule has 0 aliphatic carbocycles. The second kappa shape index (κ2) is 31.7. The van der Waals surface area contributed by atoms with E-state index in [1.165, 1.54) is 30.1 Å². The van der Waals surface area contributed by atoms with Crippen LogP contribution in [-0.4, -0.2) is 158 Å². The molecule has 0 aliphatic heterocycles. The Morgan fingerprint density at radius 2 is 1.39 bits per heavy atom. The van der Waals surface area contributed by atoms with Crippen molar-refractivity contribution in [2.45, 2.75) is 58.0 Å². The summed E-state index contributed by atoms with van der Waals surface area (Å²) >= 11 is 1.51. The van der Waals surface area contributed by atoms with Gasteiger partial charge in [0.2, 0.25) is 5.95 Å². The van der Waals surface area contributed by atoms with Crippen LogP contribution in [0, 0.1) is 5.92 Å². The monoisotopic (exact) mass is 919 g/mol. The van der Waals surface area contributed by atoms with Crippen molar-refractivity contribution in [1.29, 1.82) is 0 Å². The van der Waals surface area contributed by atoms with Crippen molar-refractivity contribution in [3.8, 4) is 0 Å². The van der Waals surface area contributed by atoms with Crippen LogP contribution in [0.5, 0.6) is 0 Å². The minimum atomic E-state index is -1.25. The van der Waals surface area contributed by atoms with Gasteiger partial charge in [0, 0.05) is 49.3 Å². The number of carboxylic acid groups (broad SMARTS) is 1. The molecule has 3 rings (SSSR count). The highest BCUT2D eigenvalue weighted by Crippen LogP contribution is 2.15. The van der Waals surface area contributed by atoms with Gasteiger partial charge in [0.25, 0.3) is 11.5 Å². The Kier molecular flexibility index (Phi) is 26.4. The van der Waals surface area contributed by atoms with Gasteiger partial charge in [-0.15, -0.1) is 0 Å². The summed E-state index contributed by atoms with van der Waals surface area (Å²) in [7, 11) is 0. The zero-order valence-corrected chi connectivity index (χ0v) is 37.3. The second-order valence-electron chi connectivity index (χ2n) is 14.0. The number of nitrogen functional groups attached to an aromatic ring is 1. The molecule has 22 heteroatoms. The second-order valence-corrected chi connectivity index (χ2v) is 14.9. The fourth-order valence-electron chi connectivity index (χ4n) is 5.73. The number of fused-ring (bicyclic) bond motifs is 1. The predicted octanol–water partition coefficient (Wildman–Crippen LogP) is 2.21. The molecule has 64 heavy (non-hydrogen) atoms. The molecule has 0 saturated carbocycles. The van der Waals surface area contributed by atoms with Gasteiger partial charge in [-0.25, -0.2) is 14.8 Å². The van der Waals surface area contributed by atoms with E-state index in [1.54, 1.807) is 19.1 Å². The first-order chi connectivity index (χ1) is 31.0. The third kappa shape index (κ3) is 22.0. The third-order valence-corrected chi connectivity index (χ3v) is 9.75. The van der Waals surface area contributed by atoms with Crippen LogP contribution >= 0.6 is 11.8 Å². The molecule has 0 fully saturated rings. The molecule has 0 aliphatic rings. The van der Waals surface area contributed by atoms with Gasteiger partial charge in [0.05, 0.1) is 104 Å². The van der Waals surface area contributed by atoms with Crippen LogP contribution in [0.4, 0.5) is 11.6 Å². The van der Waals surface area contributed by atoms with Crippen LogP contribution in [0.2, 0.25) is 0 Å². The average molecular weight is 920 g/mol.